The molecule has 0 aliphatic rings. The molecule has 19 heavy (non-hydrogen) atoms. The summed E-state index contributed by atoms with van der Waals surface area (Å²) in [5, 5.41) is 0. The van der Waals surface area contributed by atoms with Gasteiger partial charge in [-0.25, -0.2) is 15.0 Å². The molecule has 3 rings (SSSR count). The third-order valence-electron chi connectivity index (χ3n) is 2.91. The SMILES string of the molecule is CC(N)Cn1c(-c2ccccc2)nc2cncnc21. The van der Waals surface area contributed by atoms with Gasteiger partial charge in [-0.15, -0.1) is 0 Å². The number of fused-ring (bicyclic) bond motifs is 1. The summed E-state index contributed by atoms with van der Waals surface area (Å²) < 4.78 is 2.05. The van der Waals surface area contributed by atoms with Gasteiger partial charge >= 0.3 is 0 Å². The van der Waals surface area contributed by atoms with Crippen molar-refractivity contribution in [2.75, 3.05) is 0 Å². The second kappa shape index (κ2) is 4.78. The first kappa shape index (κ1) is 11.8. The van der Waals surface area contributed by atoms with Crippen molar-refractivity contribution >= 4 is 11.2 Å². The van der Waals surface area contributed by atoms with Gasteiger partial charge in [0, 0.05) is 18.2 Å². The summed E-state index contributed by atoms with van der Waals surface area (Å²) in [7, 11) is 0. The van der Waals surface area contributed by atoms with Gasteiger partial charge in [-0.3, -0.25) is 0 Å². The zero-order valence-corrected chi connectivity index (χ0v) is 10.7. The molecule has 1 aromatic carbocycles. The molecular weight excluding hydrogens is 238 g/mol. The van der Waals surface area contributed by atoms with Crippen molar-refractivity contribution in [2.24, 2.45) is 5.73 Å². The topological polar surface area (TPSA) is 69.6 Å². The van der Waals surface area contributed by atoms with E-state index in [9.17, 15) is 0 Å². The molecular formula is C14H15N5. The standard InChI is InChI=1S/C14H15N5/c1-10(15)8-19-13(11-5-3-2-4-6-11)18-12-7-16-9-17-14(12)19/h2-7,9-10H,8,15H2,1H3. The summed E-state index contributed by atoms with van der Waals surface area (Å²) in [5.41, 5.74) is 8.60. The molecule has 5 nitrogen and oxygen atoms in total. The molecule has 0 saturated heterocycles. The molecule has 0 fully saturated rings. The third-order valence-corrected chi connectivity index (χ3v) is 2.91. The fourth-order valence-electron chi connectivity index (χ4n) is 2.15. The Morgan fingerprint density at radius 2 is 2.05 bits per heavy atom. The van der Waals surface area contributed by atoms with Gasteiger partial charge in [0.1, 0.15) is 17.7 Å². The average Bonchev–Trinajstić information content (AvgIpc) is 2.78. The smallest absolute Gasteiger partial charge is 0.163 e. The largest absolute Gasteiger partial charge is 0.326 e. The highest BCUT2D eigenvalue weighted by molar-refractivity contribution is 5.76. The van der Waals surface area contributed by atoms with Crippen molar-refractivity contribution in [3.63, 3.8) is 0 Å². The van der Waals surface area contributed by atoms with E-state index in [1.807, 2.05) is 37.3 Å². The van der Waals surface area contributed by atoms with E-state index in [1.165, 1.54) is 6.33 Å². The lowest BCUT2D eigenvalue weighted by Gasteiger charge is -2.11. The summed E-state index contributed by atoms with van der Waals surface area (Å²) in [5.74, 6) is 0.883. The minimum absolute atomic E-state index is 0.0369. The molecule has 5 heteroatoms. The van der Waals surface area contributed by atoms with Crippen LogP contribution in [0.1, 0.15) is 6.92 Å². The Labute approximate surface area is 111 Å². The molecule has 0 aliphatic heterocycles. The monoisotopic (exact) mass is 253 g/mol. The number of benzene rings is 1. The van der Waals surface area contributed by atoms with E-state index >= 15 is 0 Å². The number of rotatable bonds is 3. The lowest BCUT2D eigenvalue weighted by atomic mass is 10.2. The average molecular weight is 253 g/mol. The van der Waals surface area contributed by atoms with Gasteiger partial charge in [0.2, 0.25) is 0 Å². The van der Waals surface area contributed by atoms with Gasteiger partial charge in [-0.05, 0) is 6.92 Å². The van der Waals surface area contributed by atoms with E-state index in [0.29, 0.717) is 6.54 Å². The number of nitrogens with two attached hydrogens (primary N) is 1. The molecule has 2 N–H and O–H groups in total. The maximum Gasteiger partial charge on any atom is 0.163 e. The van der Waals surface area contributed by atoms with Crippen molar-refractivity contribution in [3.05, 3.63) is 42.9 Å². The fraction of sp³-hybridized carbons (Fsp3) is 0.214. The van der Waals surface area contributed by atoms with Crippen LogP contribution in [0.2, 0.25) is 0 Å². The molecule has 3 aromatic rings. The van der Waals surface area contributed by atoms with Crippen LogP contribution in [-0.4, -0.2) is 25.6 Å². The number of imidazole rings is 1. The van der Waals surface area contributed by atoms with Crippen LogP contribution in [0.5, 0.6) is 0 Å². The third kappa shape index (κ3) is 2.20. The van der Waals surface area contributed by atoms with Gasteiger partial charge in [-0.1, -0.05) is 30.3 Å². The van der Waals surface area contributed by atoms with Gasteiger partial charge in [0.05, 0.1) is 6.20 Å². The van der Waals surface area contributed by atoms with Crippen molar-refractivity contribution < 1.29 is 0 Å². The maximum atomic E-state index is 5.93. The van der Waals surface area contributed by atoms with Crippen LogP contribution >= 0.6 is 0 Å². The summed E-state index contributed by atoms with van der Waals surface area (Å²) in [6.45, 7) is 2.65. The quantitative estimate of drug-likeness (QED) is 0.773. The Kier molecular flexibility index (Phi) is 2.97. The first-order valence-electron chi connectivity index (χ1n) is 6.23. The maximum absolute atomic E-state index is 5.93. The molecule has 0 saturated carbocycles. The first-order chi connectivity index (χ1) is 9.25. The molecule has 2 heterocycles. The van der Waals surface area contributed by atoms with Crippen molar-refractivity contribution in [2.45, 2.75) is 19.5 Å². The van der Waals surface area contributed by atoms with Gasteiger partial charge in [0.15, 0.2) is 5.65 Å². The van der Waals surface area contributed by atoms with Gasteiger partial charge < -0.3 is 10.3 Å². The second-order valence-corrected chi connectivity index (χ2v) is 4.62. The van der Waals surface area contributed by atoms with E-state index in [0.717, 1.165) is 22.6 Å². The number of hydrogen-bond donors (Lipinski definition) is 1. The van der Waals surface area contributed by atoms with E-state index in [2.05, 4.69) is 19.5 Å². The lowest BCUT2D eigenvalue weighted by Crippen LogP contribution is -2.22. The molecule has 0 spiro atoms. The molecule has 0 amide bonds. The Morgan fingerprint density at radius 3 is 2.79 bits per heavy atom. The van der Waals surface area contributed by atoms with E-state index in [-0.39, 0.29) is 6.04 Å². The van der Waals surface area contributed by atoms with E-state index in [4.69, 9.17) is 5.73 Å². The first-order valence-corrected chi connectivity index (χ1v) is 6.23. The normalized spacial score (nSPS) is 12.7. The van der Waals surface area contributed by atoms with E-state index in [1.54, 1.807) is 6.20 Å². The highest BCUT2D eigenvalue weighted by Crippen LogP contribution is 2.23. The van der Waals surface area contributed by atoms with Crippen LogP contribution in [0.4, 0.5) is 0 Å². The van der Waals surface area contributed by atoms with Crippen LogP contribution in [0, 0.1) is 0 Å². The van der Waals surface area contributed by atoms with Crippen LogP contribution in [-0.2, 0) is 6.54 Å². The van der Waals surface area contributed by atoms with Crippen LogP contribution in [0.25, 0.3) is 22.6 Å². The lowest BCUT2D eigenvalue weighted by molar-refractivity contribution is 0.603. The molecule has 1 unspecified atom stereocenters. The minimum atomic E-state index is 0.0369. The Balaban J connectivity index is 2.23. The van der Waals surface area contributed by atoms with Crippen molar-refractivity contribution in [1.82, 2.24) is 19.5 Å². The molecule has 0 bridgehead atoms. The predicted molar refractivity (Wildman–Crippen MR) is 74.4 cm³/mol. The highest BCUT2D eigenvalue weighted by Gasteiger charge is 2.14. The highest BCUT2D eigenvalue weighted by atomic mass is 15.1. The Morgan fingerprint density at radius 1 is 1.26 bits per heavy atom. The number of nitrogens with zero attached hydrogens (tertiary/aromatic N) is 4. The zero-order valence-electron chi connectivity index (χ0n) is 10.7. The van der Waals surface area contributed by atoms with Crippen molar-refractivity contribution in [1.29, 1.82) is 0 Å². The minimum Gasteiger partial charge on any atom is -0.326 e. The molecule has 1 atom stereocenters. The second-order valence-electron chi connectivity index (χ2n) is 4.62. The van der Waals surface area contributed by atoms with Crippen LogP contribution in [0.15, 0.2) is 42.9 Å². The number of hydrogen-bond acceptors (Lipinski definition) is 4. The van der Waals surface area contributed by atoms with Crippen LogP contribution < -0.4 is 5.73 Å². The molecule has 0 radical (unpaired) electrons. The van der Waals surface area contributed by atoms with Gasteiger partial charge in [-0.2, -0.15) is 0 Å². The van der Waals surface area contributed by atoms with Crippen LogP contribution in [0.3, 0.4) is 0 Å². The van der Waals surface area contributed by atoms with Gasteiger partial charge in [0.25, 0.3) is 0 Å². The molecule has 96 valence electrons. The zero-order chi connectivity index (χ0) is 13.2. The summed E-state index contributed by atoms with van der Waals surface area (Å²) in [6.07, 6.45) is 3.27. The Hall–Kier alpha value is -2.27. The Bertz CT molecular complexity index is 687. The summed E-state index contributed by atoms with van der Waals surface area (Å²) in [4.78, 5) is 13.0. The number of aromatic nitrogens is 4. The van der Waals surface area contributed by atoms with Crippen molar-refractivity contribution in [3.8, 4) is 11.4 Å². The fourth-order valence-corrected chi connectivity index (χ4v) is 2.15. The van der Waals surface area contributed by atoms with E-state index < -0.39 is 0 Å². The molecule has 2 aromatic heterocycles. The summed E-state index contributed by atoms with van der Waals surface area (Å²) >= 11 is 0. The summed E-state index contributed by atoms with van der Waals surface area (Å²) in [6, 6.07) is 10.1. The molecule has 0 aliphatic carbocycles. The predicted octanol–water partition coefficient (Wildman–Crippen LogP) is 1.84.